The van der Waals surface area contributed by atoms with Crippen molar-refractivity contribution in [2.75, 3.05) is 12.4 Å². The van der Waals surface area contributed by atoms with Gasteiger partial charge in [0.2, 0.25) is 5.91 Å². The third-order valence-electron chi connectivity index (χ3n) is 2.73. The summed E-state index contributed by atoms with van der Waals surface area (Å²) < 4.78 is 6.85. The Hall–Kier alpha value is -1.59. The Bertz CT molecular complexity index is 666. The molecule has 0 atom stereocenters. The molecule has 0 fully saturated rings. The lowest BCUT2D eigenvalue weighted by Crippen LogP contribution is -2.08. The summed E-state index contributed by atoms with van der Waals surface area (Å²) in [5, 5.41) is 2.81. The van der Waals surface area contributed by atoms with E-state index in [1.807, 2.05) is 42.5 Å². The number of hydrogen-bond acceptors (Lipinski definition) is 2. The summed E-state index contributed by atoms with van der Waals surface area (Å²) in [6, 6.07) is 13.0. The topological polar surface area (TPSA) is 38.3 Å². The molecule has 0 heterocycles. The van der Waals surface area contributed by atoms with Crippen molar-refractivity contribution in [3.63, 3.8) is 0 Å². The number of ether oxygens (including phenoxy) is 1. The van der Waals surface area contributed by atoms with Crippen LogP contribution in [0.4, 0.5) is 5.69 Å². The zero-order chi connectivity index (χ0) is 15.2. The highest BCUT2D eigenvalue weighted by Gasteiger charge is 2.03. The first-order valence-electron chi connectivity index (χ1n) is 6.16. The van der Waals surface area contributed by atoms with Crippen molar-refractivity contribution in [2.24, 2.45) is 0 Å². The van der Waals surface area contributed by atoms with E-state index < -0.39 is 0 Å². The SMILES string of the molecule is COc1ccc(/C=C/C(=O)Nc2ccc(Br)cc2Br)cc1. The van der Waals surface area contributed by atoms with E-state index in [0.717, 1.165) is 25.9 Å². The van der Waals surface area contributed by atoms with E-state index in [2.05, 4.69) is 37.2 Å². The number of anilines is 1. The van der Waals surface area contributed by atoms with Gasteiger partial charge in [0.1, 0.15) is 5.75 Å². The Morgan fingerprint density at radius 1 is 1.14 bits per heavy atom. The lowest BCUT2D eigenvalue weighted by molar-refractivity contribution is -0.111. The fourth-order valence-electron chi connectivity index (χ4n) is 1.65. The van der Waals surface area contributed by atoms with Crippen LogP contribution < -0.4 is 10.1 Å². The molecule has 1 amide bonds. The molecule has 3 nitrogen and oxygen atoms in total. The third kappa shape index (κ3) is 4.72. The van der Waals surface area contributed by atoms with Gasteiger partial charge in [-0.15, -0.1) is 0 Å². The molecule has 0 bridgehead atoms. The van der Waals surface area contributed by atoms with Gasteiger partial charge in [0.15, 0.2) is 0 Å². The number of benzene rings is 2. The van der Waals surface area contributed by atoms with Gasteiger partial charge in [-0.25, -0.2) is 0 Å². The zero-order valence-electron chi connectivity index (χ0n) is 11.3. The Morgan fingerprint density at radius 3 is 2.48 bits per heavy atom. The minimum atomic E-state index is -0.186. The maximum Gasteiger partial charge on any atom is 0.248 e. The summed E-state index contributed by atoms with van der Waals surface area (Å²) in [5.74, 6) is 0.601. The number of nitrogens with one attached hydrogen (secondary N) is 1. The van der Waals surface area contributed by atoms with Gasteiger partial charge < -0.3 is 10.1 Å². The molecule has 0 aliphatic heterocycles. The Labute approximate surface area is 140 Å². The van der Waals surface area contributed by atoms with Crippen LogP contribution in [-0.4, -0.2) is 13.0 Å². The van der Waals surface area contributed by atoms with Crippen LogP contribution in [-0.2, 0) is 4.79 Å². The van der Waals surface area contributed by atoms with Crippen molar-refractivity contribution in [3.05, 3.63) is 63.0 Å². The van der Waals surface area contributed by atoms with Gasteiger partial charge in [0.25, 0.3) is 0 Å². The molecule has 0 spiro atoms. The number of carbonyl (C=O) groups excluding carboxylic acids is 1. The highest BCUT2D eigenvalue weighted by atomic mass is 79.9. The summed E-state index contributed by atoms with van der Waals surface area (Å²) in [7, 11) is 1.62. The number of carbonyl (C=O) groups is 1. The van der Waals surface area contributed by atoms with Crippen LogP contribution in [0.15, 0.2) is 57.5 Å². The normalized spacial score (nSPS) is 10.6. The standard InChI is InChI=1S/C16H13Br2NO2/c1-21-13-6-2-11(3-7-13)4-9-16(20)19-15-8-5-12(17)10-14(15)18/h2-10H,1H3,(H,19,20)/b9-4+. The van der Waals surface area contributed by atoms with E-state index in [9.17, 15) is 4.79 Å². The molecule has 0 unspecified atom stereocenters. The van der Waals surface area contributed by atoms with Gasteiger partial charge in [-0.2, -0.15) is 0 Å². The second-order valence-electron chi connectivity index (χ2n) is 4.22. The van der Waals surface area contributed by atoms with Crippen LogP contribution in [0, 0.1) is 0 Å². The second kappa shape index (κ2) is 7.43. The predicted octanol–water partition coefficient (Wildman–Crippen LogP) is 4.87. The Balaban J connectivity index is 2.01. The monoisotopic (exact) mass is 409 g/mol. The smallest absolute Gasteiger partial charge is 0.248 e. The van der Waals surface area contributed by atoms with E-state index in [1.165, 1.54) is 6.08 Å². The first-order valence-corrected chi connectivity index (χ1v) is 7.75. The first-order chi connectivity index (χ1) is 10.1. The van der Waals surface area contributed by atoms with Crippen molar-refractivity contribution in [1.82, 2.24) is 0 Å². The molecular formula is C16H13Br2NO2. The van der Waals surface area contributed by atoms with Crippen LogP contribution in [0.25, 0.3) is 6.08 Å². The maximum absolute atomic E-state index is 11.9. The van der Waals surface area contributed by atoms with Crippen molar-refractivity contribution in [2.45, 2.75) is 0 Å². The lowest BCUT2D eigenvalue weighted by atomic mass is 10.2. The number of hydrogen-bond donors (Lipinski definition) is 1. The largest absolute Gasteiger partial charge is 0.497 e. The highest BCUT2D eigenvalue weighted by molar-refractivity contribution is 9.11. The third-order valence-corrected chi connectivity index (χ3v) is 3.88. The van der Waals surface area contributed by atoms with E-state index in [1.54, 1.807) is 13.2 Å². The number of methoxy groups -OCH3 is 1. The van der Waals surface area contributed by atoms with Crippen LogP contribution in [0.1, 0.15) is 5.56 Å². The zero-order valence-corrected chi connectivity index (χ0v) is 14.4. The summed E-state index contributed by atoms with van der Waals surface area (Å²) in [4.78, 5) is 11.9. The Kier molecular flexibility index (Phi) is 5.59. The summed E-state index contributed by atoms with van der Waals surface area (Å²) >= 11 is 6.77. The summed E-state index contributed by atoms with van der Waals surface area (Å²) in [6.45, 7) is 0. The minimum absolute atomic E-state index is 0.186. The molecule has 1 N–H and O–H groups in total. The Morgan fingerprint density at radius 2 is 1.86 bits per heavy atom. The van der Waals surface area contributed by atoms with Crippen LogP contribution in [0.3, 0.4) is 0 Å². The fourth-order valence-corrected chi connectivity index (χ4v) is 2.80. The molecule has 0 saturated heterocycles. The number of amides is 1. The maximum atomic E-state index is 11.9. The molecule has 21 heavy (non-hydrogen) atoms. The molecule has 0 aliphatic carbocycles. The van der Waals surface area contributed by atoms with Gasteiger partial charge in [0.05, 0.1) is 12.8 Å². The molecule has 108 valence electrons. The average Bonchev–Trinajstić information content (AvgIpc) is 2.48. The van der Waals surface area contributed by atoms with Crippen LogP contribution in [0.2, 0.25) is 0 Å². The van der Waals surface area contributed by atoms with Gasteiger partial charge in [0, 0.05) is 15.0 Å². The van der Waals surface area contributed by atoms with E-state index in [-0.39, 0.29) is 5.91 Å². The van der Waals surface area contributed by atoms with Crippen LogP contribution >= 0.6 is 31.9 Å². The van der Waals surface area contributed by atoms with Gasteiger partial charge in [-0.3, -0.25) is 4.79 Å². The van der Waals surface area contributed by atoms with Crippen molar-refractivity contribution in [3.8, 4) is 5.75 Å². The minimum Gasteiger partial charge on any atom is -0.497 e. The number of halogens is 2. The number of rotatable bonds is 4. The molecule has 2 aromatic carbocycles. The van der Waals surface area contributed by atoms with Crippen LogP contribution in [0.5, 0.6) is 5.75 Å². The van der Waals surface area contributed by atoms with E-state index >= 15 is 0 Å². The second-order valence-corrected chi connectivity index (χ2v) is 5.99. The van der Waals surface area contributed by atoms with E-state index in [4.69, 9.17) is 4.74 Å². The fraction of sp³-hybridized carbons (Fsp3) is 0.0625. The highest BCUT2D eigenvalue weighted by Crippen LogP contribution is 2.26. The lowest BCUT2D eigenvalue weighted by Gasteiger charge is -2.05. The molecule has 2 aromatic rings. The summed E-state index contributed by atoms with van der Waals surface area (Å²) in [5.41, 5.74) is 1.66. The molecule has 0 saturated carbocycles. The van der Waals surface area contributed by atoms with E-state index in [0.29, 0.717) is 0 Å². The average molecular weight is 411 g/mol. The van der Waals surface area contributed by atoms with Crippen molar-refractivity contribution in [1.29, 1.82) is 0 Å². The van der Waals surface area contributed by atoms with Gasteiger partial charge in [-0.1, -0.05) is 28.1 Å². The van der Waals surface area contributed by atoms with Crippen molar-refractivity contribution >= 4 is 49.5 Å². The predicted molar refractivity (Wildman–Crippen MR) is 92.5 cm³/mol. The molecular weight excluding hydrogens is 398 g/mol. The van der Waals surface area contributed by atoms with Gasteiger partial charge >= 0.3 is 0 Å². The molecule has 2 rings (SSSR count). The summed E-state index contributed by atoms with van der Waals surface area (Å²) in [6.07, 6.45) is 3.25. The molecule has 0 aromatic heterocycles. The molecule has 0 radical (unpaired) electrons. The molecule has 5 heteroatoms. The molecule has 0 aliphatic rings. The quantitative estimate of drug-likeness (QED) is 0.730. The first kappa shape index (κ1) is 15.8. The van der Waals surface area contributed by atoms with Gasteiger partial charge in [-0.05, 0) is 57.9 Å². The van der Waals surface area contributed by atoms with Crippen molar-refractivity contribution < 1.29 is 9.53 Å².